The summed E-state index contributed by atoms with van der Waals surface area (Å²) in [7, 11) is 0. The Balaban J connectivity index is 1.27. The Morgan fingerprint density at radius 1 is 1.23 bits per heavy atom. The van der Waals surface area contributed by atoms with Gasteiger partial charge in [-0.25, -0.2) is 8.78 Å². The molecule has 5 aliphatic rings. The van der Waals surface area contributed by atoms with Gasteiger partial charge in [-0.05, 0) is 32.1 Å². The average molecular weight is 414 g/mol. The molecule has 0 radical (unpaired) electrons. The molecule has 4 heterocycles. The van der Waals surface area contributed by atoms with Gasteiger partial charge in [0, 0.05) is 30.8 Å². The highest BCUT2D eigenvalue weighted by molar-refractivity contribution is 5.85. The summed E-state index contributed by atoms with van der Waals surface area (Å²) in [4.78, 5) is 19.7. The van der Waals surface area contributed by atoms with Crippen molar-refractivity contribution in [2.45, 2.75) is 68.4 Å². The van der Waals surface area contributed by atoms with E-state index in [-0.39, 0.29) is 37.7 Å². The third-order valence-corrected chi connectivity index (χ3v) is 7.65. The first kappa shape index (κ1) is 18.6. The Labute approximate surface area is 174 Å². The Morgan fingerprint density at radius 2 is 2.03 bits per heavy atom. The van der Waals surface area contributed by atoms with Crippen molar-refractivity contribution in [2.75, 3.05) is 19.8 Å². The highest BCUT2D eigenvalue weighted by atomic mass is 19.1. The molecule has 6 rings (SSSR count). The van der Waals surface area contributed by atoms with E-state index in [1.54, 1.807) is 12.4 Å². The number of aromatic nitrogens is 1. The zero-order valence-electron chi connectivity index (χ0n) is 16.8. The molecule has 2 saturated heterocycles. The number of pyridine rings is 1. The van der Waals surface area contributed by atoms with Gasteiger partial charge in [-0.3, -0.25) is 9.78 Å². The lowest BCUT2D eigenvalue weighted by molar-refractivity contribution is -0.142. The molecule has 30 heavy (non-hydrogen) atoms. The monoisotopic (exact) mass is 414 g/mol. The van der Waals surface area contributed by atoms with Gasteiger partial charge in [-0.1, -0.05) is 11.8 Å². The van der Waals surface area contributed by atoms with E-state index < -0.39 is 16.8 Å². The summed E-state index contributed by atoms with van der Waals surface area (Å²) in [5.74, 6) is 6.64. The Hall–Kier alpha value is -2.20. The van der Waals surface area contributed by atoms with Gasteiger partial charge in [0.1, 0.15) is 17.5 Å². The maximum Gasteiger partial charge on any atom is 0.229 e. The molecule has 1 aromatic rings. The standard InChI is InChI=1S/C23H24F2N2O3/c24-22-6-4-21(12-22,5-7-22)20(28)27-11-16-8-18(27)17-10-26-9-15(19(17)30-16)2-1-3-23(25)13-29-14-23/h9-10,16,18H,3-8,11-14H2/t16-,18-,21?,22?/m0/s1. The van der Waals surface area contributed by atoms with Crippen LogP contribution in [0.3, 0.4) is 0 Å². The van der Waals surface area contributed by atoms with Gasteiger partial charge in [0.25, 0.3) is 0 Å². The van der Waals surface area contributed by atoms with E-state index in [9.17, 15) is 13.6 Å². The molecular formula is C23H24F2N2O3. The number of rotatable bonds is 2. The van der Waals surface area contributed by atoms with E-state index >= 15 is 0 Å². The third-order valence-electron chi connectivity index (χ3n) is 7.65. The zero-order chi connectivity index (χ0) is 20.6. The molecule has 0 spiro atoms. The molecule has 1 aromatic heterocycles. The van der Waals surface area contributed by atoms with Gasteiger partial charge in [0.15, 0.2) is 5.67 Å². The lowest BCUT2D eigenvalue weighted by atomic mass is 9.82. The van der Waals surface area contributed by atoms with Crippen LogP contribution >= 0.6 is 0 Å². The maximum absolute atomic E-state index is 14.7. The molecule has 2 aliphatic carbocycles. The number of alkyl halides is 2. The predicted molar refractivity (Wildman–Crippen MR) is 103 cm³/mol. The Morgan fingerprint density at radius 3 is 2.70 bits per heavy atom. The number of halogens is 2. The number of nitrogens with zero attached hydrogens (tertiary/aromatic N) is 2. The molecule has 158 valence electrons. The molecule has 0 N–H and O–H groups in total. The summed E-state index contributed by atoms with van der Waals surface area (Å²) in [6.45, 7) is 0.690. The molecule has 0 unspecified atom stereocenters. The van der Waals surface area contributed by atoms with Gasteiger partial charge in [-0.15, -0.1) is 0 Å². The van der Waals surface area contributed by atoms with Gasteiger partial charge >= 0.3 is 0 Å². The van der Waals surface area contributed by atoms with Crippen molar-refractivity contribution in [3.63, 3.8) is 0 Å². The maximum atomic E-state index is 14.7. The van der Waals surface area contributed by atoms with E-state index in [0.29, 0.717) is 50.0 Å². The largest absolute Gasteiger partial charge is 0.487 e. The summed E-state index contributed by atoms with van der Waals surface area (Å²) in [5, 5.41) is 0. The summed E-state index contributed by atoms with van der Waals surface area (Å²) < 4.78 is 40.0. The summed E-state index contributed by atoms with van der Waals surface area (Å²) in [5.41, 5.74) is -1.57. The van der Waals surface area contributed by atoms with Crippen molar-refractivity contribution in [1.82, 2.24) is 9.88 Å². The van der Waals surface area contributed by atoms with Crippen LogP contribution in [0.5, 0.6) is 5.75 Å². The van der Waals surface area contributed by atoms with Crippen LogP contribution in [0.2, 0.25) is 0 Å². The number of ether oxygens (including phenoxy) is 2. The van der Waals surface area contributed by atoms with E-state index in [2.05, 4.69) is 16.8 Å². The lowest BCUT2D eigenvalue weighted by Crippen LogP contribution is -2.44. The molecule has 0 aromatic carbocycles. The van der Waals surface area contributed by atoms with Crippen LogP contribution in [0.15, 0.2) is 12.4 Å². The van der Waals surface area contributed by atoms with Gasteiger partial charge in [0.2, 0.25) is 5.91 Å². The summed E-state index contributed by atoms with van der Waals surface area (Å²) >= 11 is 0. The molecule has 1 amide bonds. The van der Waals surface area contributed by atoms with Crippen molar-refractivity contribution in [3.05, 3.63) is 23.5 Å². The minimum absolute atomic E-state index is 0.0734. The summed E-state index contributed by atoms with van der Waals surface area (Å²) in [6.07, 6.45) is 6.74. The van der Waals surface area contributed by atoms with Crippen LogP contribution in [-0.4, -0.2) is 53.0 Å². The van der Waals surface area contributed by atoms with Crippen molar-refractivity contribution in [2.24, 2.45) is 5.41 Å². The van der Waals surface area contributed by atoms with Crippen molar-refractivity contribution in [1.29, 1.82) is 0 Å². The molecule has 3 aliphatic heterocycles. The zero-order valence-corrected chi connectivity index (χ0v) is 16.8. The number of hydrogen-bond donors (Lipinski definition) is 0. The Bertz CT molecular complexity index is 972. The molecule has 4 fully saturated rings. The van der Waals surface area contributed by atoms with Crippen molar-refractivity contribution >= 4 is 5.91 Å². The average Bonchev–Trinajstić information content (AvgIpc) is 3.36. The van der Waals surface area contributed by atoms with Crippen LogP contribution in [-0.2, 0) is 9.53 Å². The fraction of sp³-hybridized carbons (Fsp3) is 0.652. The van der Waals surface area contributed by atoms with Crippen LogP contribution in [0.4, 0.5) is 8.78 Å². The topological polar surface area (TPSA) is 51.7 Å². The molecule has 7 heteroatoms. The highest BCUT2D eigenvalue weighted by Crippen LogP contribution is 2.60. The number of amides is 1. The van der Waals surface area contributed by atoms with Gasteiger partial charge < -0.3 is 14.4 Å². The second-order valence-electron chi connectivity index (χ2n) is 9.78. The minimum Gasteiger partial charge on any atom is -0.487 e. The molecular weight excluding hydrogens is 390 g/mol. The predicted octanol–water partition coefficient (Wildman–Crippen LogP) is 3.27. The first-order chi connectivity index (χ1) is 14.4. The fourth-order valence-corrected chi connectivity index (χ4v) is 5.95. The number of carbonyl (C=O) groups excluding carboxylic acids is 1. The van der Waals surface area contributed by atoms with Gasteiger partial charge in [0.05, 0.1) is 36.8 Å². The first-order valence-electron chi connectivity index (χ1n) is 10.8. The second-order valence-corrected chi connectivity index (χ2v) is 9.78. The van der Waals surface area contributed by atoms with Crippen molar-refractivity contribution < 1.29 is 23.0 Å². The van der Waals surface area contributed by atoms with Crippen molar-refractivity contribution in [3.8, 4) is 17.6 Å². The van der Waals surface area contributed by atoms with Crippen LogP contribution in [0.25, 0.3) is 0 Å². The number of likely N-dealkylation sites (tertiary alicyclic amines) is 1. The number of fused-ring (bicyclic) bond motifs is 6. The minimum atomic E-state index is -1.36. The van der Waals surface area contributed by atoms with Gasteiger partial charge in [-0.2, -0.15) is 0 Å². The molecule has 4 bridgehead atoms. The van der Waals surface area contributed by atoms with E-state index in [1.807, 2.05) is 4.90 Å². The lowest BCUT2D eigenvalue weighted by Gasteiger charge is -2.33. The normalized spacial score (nSPS) is 37.1. The second kappa shape index (κ2) is 6.16. The smallest absolute Gasteiger partial charge is 0.229 e. The quantitative estimate of drug-likeness (QED) is 0.697. The summed E-state index contributed by atoms with van der Waals surface area (Å²) in [6, 6.07) is -0.113. The molecule has 2 saturated carbocycles. The van der Waals surface area contributed by atoms with E-state index in [1.165, 1.54) is 0 Å². The number of hydrogen-bond acceptors (Lipinski definition) is 4. The van der Waals surface area contributed by atoms with Crippen LogP contribution in [0.1, 0.15) is 62.1 Å². The number of carbonyl (C=O) groups is 1. The van der Waals surface area contributed by atoms with Crippen LogP contribution < -0.4 is 4.74 Å². The highest BCUT2D eigenvalue weighted by Gasteiger charge is 2.61. The Kier molecular flexibility index (Phi) is 3.81. The molecule has 2 atom stereocenters. The SMILES string of the molecule is O=C(N1C[C@@H]2C[C@H]1c1cncc(C#CCC3(F)COC3)c1O2)C12CCC(F)(CC1)C2. The van der Waals surface area contributed by atoms with E-state index in [0.717, 1.165) is 12.0 Å². The molecule has 5 nitrogen and oxygen atoms in total. The fourth-order valence-electron chi connectivity index (χ4n) is 5.95. The third kappa shape index (κ3) is 2.69. The first-order valence-corrected chi connectivity index (χ1v) is 10.8. The van der Waals surface area contributed by atoms with E-state index in [4.69, 9.17) is 9.47 Å². The van der Waals surface area contributed by atoms with Crippen LogP contribution in [0, 0.1) is 17.3 Å².